The van der Waals surface area contributed by atoms with Crippen LogP contribution in [-0.2, 0) is 53.0 Å². The van der Waals surface area contributed by atoms with Gasteiger partial charge in [-0.15, -0.1) is 16.4 Å². The maximum Gasteiger partial charge on any atom is 0.255 e. The number of piperidine rings is 1. The van der Waals surface area contributed by atoms with Gasteiger partial charge in [-0.05, 0) is 53.9 Å². The van der Waals surface area contributed by atoms with Crippen LogP contribution >= 0.6 is 11.3 Å². The number of phenolic OH excluding ortho intramolecular Hbond substituents is 1. The van der Waals surface area contributed by atoms with E-state index in [0.717, 1.165) is 18.2 Å². The molecule has 0 bridgehead atoms. The van der Waals surface area contributed by atoms with Gasteiger partial charge in [0.15, 0.2) is 5.13 Å². The number of thiazole rings is 1. The first-order chi connectivity index (χ1) is 31.1. The number of nitrogens with zero attached hydrogens (tertiary/aromatic N) is 6. The van der Waals surface area contributed by atoms with Crippen LogP contribution in [0.3, 0.4) is 0 Å². The zero-order valence-electron chi connectivity index (χ0n) is 34.2. The van der Waals surface area contributed by atoms with Crippen LogP contribution in [0.2, 0.25) is 0 Å². The van der Waals surface area contributed by atoms with Gasteiger partial charge in [0, 0.05) is 41.2 Å². The smallest absolute Gasteiger partial charge is 0.255 e. The van der Waals surface area contributed by atoms with Crippen LogP contribution in [0.1, 0.15) is 61.9 Å². The number of rotatable bonds is 21. The van der Waals surface area contributed by atoms with Crippen LogP contribution in [0.5, 0.6) is 5.75 Å². The van der Waals surface area contributed by atoms with Gasteiger partial charge in [0.25, 0.3) is 17.7 Å². The summed E-state index contributed by atoms with van der Waals surface area (Å²) in [5.41, 5.74) is 3.00. The molecule has 0 spiro atoms. The fourth-order valence-electron chi connectivity index (χ4n) is 6.93. The average Bonchev–Trinajstić information content (AvgIpc) is 4.06. The highest BCUT2D eigenvalue weighted by Gasteiger charge is 2.39. The Balaban J connectivity index is 0.776. The fraction of sp³-hybridized carbons (Fsp3) is 0.326. The molecule has 0 radical (unpaired) electrons. The fourth-order valence-corrected chi connectivity index (χ4v) is 7.46. The number of amides is 5. The number of hydrogen-bond acceptors (Lipinski definition) is 15. The Morgan fingerprint density at radius 1 is 0.984 bits per heavy atom. The summed E-state index contributed by atoms with van der Waals surface area (Å²) in [4.78, 5) is 68.8. The van der Waals surface area contributed by atoms with Gasteiger partial charge in [-0.25, -0.2) is 14.1 Å². The third-order valence-corrected chi connectivity index (χ3v) is 10.8. The lowest BCUT2D eigenvalue weighted by Gasteiger charge is -2.27. The number of aromatic nitrogens is 4. The van der Waals surface area contributed by atoms with Gasteiger partial charge in [-0.3, -0.25) is 34.6 Å². The summed E-state index contributed by atoms with van der Waals surface area (Å²) >= 11 is 1.18. The molecule has 2 aliphatic heterocycles. The van der Waals surface area contributed by atoms with Crippen LogP contribution in [0.25, 0.3) is 11.3 Å². The highest BCUT2D eigenvalue weighted by atomic mass is 32.1. The Kier molecular flexibility index (Phi) is 15.1. The first-order valence-electron chi connectivity index (χ1n) is 20.1. The molecule has 2 unspecified atom stereocenters. The molecule has 2 aromatic heterocycles. The highest BCUT2D eigenvalue weighted by Crippen LogP contribution is 2.37. The number of anilines is 1. The van der Waals surface area contributed by atoms with E-state index in [1.165, 1.54) is 28.5 Å². The molecule has 1 saturated heterocycles. The third kappa shape index (κ3) is 11.3. The molecule has 64 heavy (non-hydrogen) atoms. The van der Waals surface area contributed by atoms with Crippen molar-refractivity contribution in [3.05, 3.63) is 112 Å². The number of nitriles is 1. The molecule has 1 fully saturated rings. The van der Waals surface area contributed by atoms with E-state index in [0.29, 0.717) is 79.3 Å². The Morgan fingerprint density at radius 2 is 1.75 bits per heavy atom. The molecule has 0 aliphatic carbocycles. The number of ether oxygens (including phenoxy) is 4. The van der Waals surface area contributed by atoms with Crippen molar-refractivity contribution in [1.82, 2.24) is 35.5 Å². The molecule has 4 N–H and O–H groups in total. The van der Waals surface area contributed by atoms with Crippen molar-refractivity contribution in [2.45, 2.75) is 44.6 Å². The van der Waals surface area contributed by atoms with E-state index >= 15 is 0 Å². The number of phenols is 1. The van der Waals surface area contributed by atoms with Crippen molar-refractivity contribution >= 4 is 46.0 Å². The number of fused-ring (bicyclic) bond motifs is 1. The number of nitrogens with one attached hydrogen (secondary N) is 3. The number of carbonyl (C=O) groups excluding carboxylic acids is 5. The maximum absolute atomic E-state index is 14.4. The number of benzene rings is 3. The van der Waals surface area contributed by atoms with E-state index < -0.39 is 41.5 Å². The summed E-state index contributed by atoms with van der Waals surface area (Å²) in [6.45, 7) is 2.95. The number of hydrogen-bond donors (Lipinski definition) is 4. The van der Waals surface area contributed by atoms with E-state index in [1.807, 2.05) is 6.07 Å². The van der Waals surface area contributed by atoms with E-state index in [1.54, 1.807) is 46.6 Å². The second kappa shape index (κ2) is 21.4. The predicted molar refractivity (Wildman–Crippen MR) is 224 cm³/mol. The lowest BCUT2D eigenvalue weighted by Crippen LogP contribution is -2.52. The minimum atomic E-state index is -1.35. The van der Waals surface area contributed by atoms with Crippen molar-refractivity contribution in [2.75, 3.05) is 51.6 Å². The summed E-state index contributed by atoms with van der Waals surface area (Å²) in [5.74, 6) is -3.68. The van der Waals surface area contributed by atoms with Crippen molar-refractivity contribution in [3.8, 4) is 23.1 Å². The van der Waals surface area contributed by atoms with Gasteiger partial charge >= 0.3 is 0 Å². The molecule has 7 rings (SSSR count). The lowest BCUT2D eigenvalue weighted by molar-refractivity contribution is -0.134. The number of carbonyl (C=O) groups is 5. The van der Waals surface area contributed by atoms with Gasteiger partial charge in [-0.1, -0.05) is 23.4 Å². The van der Waals surface area contributed by atoms with Gasteiger partial charge in [-0.2, -0.15) is 5.26 Å². The summed E-state index contributed by atoms with van der Waals surface area (Å²) < 4.78 is 38.4. The predicted octanol–water partition coefficient (Wildman–Crippen LogP) is 3.26. The minimum absolute atomic E-state index is 0.0456. The van der Waals surface area contributed by atoms with Gasteiger partial charge in [0.05, 0.1) is 82.8 Å². The Labute approximate surface area is 369 Å². The lowest BCUT2D eigenvalue weighted by atomic mass is 10.0. The van der Waals surface area contributed by atoms with Gasteiger partial charge < -0.3 is 34.3 Å². The second-order valence-corrected chi connectivity index (χ2v) is 15.4. The number of aromatic hydroxyl groups is 1. The second-order valence-electron chi connectivity index (χ2n) is 14.5. The van der Waals surface area contributed by atoms with E-state index in [9.17, 15) is 38.7 Å². The monoisotopic (exact) mass is 895 g/mol. The zero-order chi connectivity index (χ0) is 45.0. The summed E-state index contributed by atoms with van der Waals surface area (Å²) in [6, 6.07) is 13.0. The first kappa shape index (κ1) is 45.1. The Bertz CT molecular complexity index is 2550. The zero-order valence-corrected chi connectivity index (χ0v) is 35.0. The first-order valence-corrected chi connectivity index (χ1v) is 21.0. The van der Waals surface area contributed by atoms with Crippen LogP contribution in [0.15, 0.2) is 72.4 Å². The van der Waals surface area contributed by atoms with E-state index in [4.69, 9.17) is 18.9 Å². The Hall–Kier alpha value is -6.96. The molecule has 3 aromatic carbocycles. The van der Waals surface area contributed by atoms with E-state index in [-0.39, 0.29) is 60.9 Å². The molecule has 2 atom stereocenters. The molecule has 5 aromatic rings. The number of imide groups is 1. The molecule has 4 heterocycles. The summed E-state index contributed by atoms with van der Waals surface area (Å²) in [5, 5.41) is 38.0. The highest BCUT2D eigenvalue weighted by molar-refractivity contribution is 7.13. The summed E-state index contributed by atoms with van der Waals surface area (Å²) in [7, 11) is 0. The van der Waals surface area contributed by atoms with Gasteiger partial charge in [0.1, 0.15) is 29.3 Å². The molecular formula is C43H42FN9O10S. The molecule has 2 aliphatic rings. The molecular weight excluding hydrogens is 854 g/mol. The molecule has 5 amide bonds. The van der Waals surface area contributed by atoms with Crippen LogP contribution < -0.4 is 16.0 Å². The normalized spacial score (nSPS) is 15.1. The standard InChI is InChI=1S/C43H42FN9O10S/c44-30-4-7-36(54)33(21-30)38(41(58)49-43-46-9-18-64-43)53-23-28-3-2-27(20-32(28)42(53)59)35-24-52(51-50-35)10-11-60-12-13-61-14-15-62-16-17-63-25-26-1-5-31(29(19-26)22-45)39(56)47-34-6-8-37(55)48-40(34)57/h1-5,7,9,18-21,24,34,38,54H,6,8,10-17,23,25H2,(H,47,56)(H,46,49,58)(H,48,55,57). The number of halogens is 1. The van der Waals surface area contributed by atoms with Crippen LogP contribution in [0.4, 0.5) is 9.52 Å². The SMILES string of the molecule is N#Cc1cc(COCCOCCOCCOCCn2cc(-c3ccc4c(c3)C(=O)N(C(C(=O)Nc3nccs3)c3cc(F)ccc3O)C4)nn2)ccc1C(=O)NC1CCC(=O)NC1=O. The van der Waals surface area contributed by atoms with Crippen molar-refractivity contribution in [3.63, 3.8) is 0 Å². The Morgan fingerprint density at radius 3 is 2.48 bits per heavy atom. The maximum atomic E-state index is 14.4. The third-order valence-electron chi connectivity index (χ3n) is 10.1. The quantitative estimate of drug-likeness (QED) is 0.0610. The molecule has 332 valence electrons. The molecule has 21 heteroatoms. The van der Waals surface area contributed by atoms with Crippen LogP contribution in [-0.4, -0.2) is 112 Å². The minimum Gasteiger partial charge on any atom is -0.508 e. The average molecular weight is 896 g/mol. The van der Waals surface area contributed by atoms with E-state index in [2.05, 4.69) is 31.2 Å². The van der Waals surface area contributed by atoms with Crippen molar-refractivity contribution < 1.29 is 52.4 Å². The summed E-state index contributed by atoms with van der Waals surface area (Å²) in [6.07, 6.45) is 3.55. The molecule has 0 saturated carbocycles. The largest absolute Gasteiger partial charge is 0.508 e. The van der Waals surface area contributed by atoms with Crippen molar-refractivity contribution in [1.29, 1.82) is 5.26 Å². The topological polar surface area (TPSA) is 249 Å². The van der Waals surface area contributed by atoms with Crippen LogP contribution in [0, 0.1) is 17.1 Å². The van der Waals surface area contributed by atoms with Crippen molar-refractivity contribution in [2.24, 2.45) is 0 Å². The molecule has 19 nitrogen and oxygen atoms in total. The van der Waals surface area contributed by atoms with Gasteiger partial charge in [0.2, 0.25) is 11.8 Å².